The SMILES string of the molecule is CSc1cccc(N2CCN(C)C(=O)C2(C)C)c1CN. The number of amides is 1. The van der Waals surface area contributed by atoms with Crippen LogP contribution in [0.15, 0.2) is 23.1 Å². The van der Waals surface area contributed by atoms with Crippen LogP contribution in [0.3, 0.4) is 0 Å². The van der Waals surface area contributed by atoms with Gasteiger partial charge in [0, 0.05) is 42.8 Å². The number of carbonyl (C=O) groups excluding carboxylic acids is 1. The van der Waals surface area contributed by atoms with Gasteiger partial charge in [-0.3, -0.25) is 4.79 Å². The Morgan fingerprint density at radius 1 is 1.35 bits per heavy atom. The lowest BCUT2D eigenvalue weighted by Gasteiger charge is -2.47. The summed E-state index contributed by atoms with van der Waals surface area (Å²) < 4.78 is 0. The van der Waals surface area contributed by atoms with Gasteiger partial charge < -0.3 is 15.5 Å². The second-order valence-electron chi connectivity index (χ2n) is 5.60. The van der Waals surface area contributed by atoms with Crippen molar-refractivity contribution in [2.24, 2.45) is 5.73 Å². The van der Waals surface area contributed by atoms with E-state index in [1.165, 1.54) is 4.90 Å². The van der Waals surface area contributed by atoms with Crippen LogP contribution in [0.4, 0.5) is 5.69 Å². The van der Waals surface area contributed by atoms with Crippen molar-refractivity contribution in [3.05, 3.63) is 23.8 Å². The normalized spacial score (nSPS) is 18.6. The first-order chi connectivity index (χ1) is 9.43. The van der Waals surface area contributed by atoms with Crippen molar-refractivity contribution in [3.8, 4) is 0 Å². The predicted molar refractivity (Wildman–Crippen MR) is 85.2 cm³/mol. The Kier molecular flexibility index (Phi) is 4.30. The van der Waals surface area contributed by atoms with E-state index in [0.29, 0.717) is 6.54 Å². The summed E-state index contributed by atoms with van der Waals surface area (Å²) in [5.74, 6) is 0.154. The molecule has 2 N–H and O–H groups in total. The maximum Gasteiger partial charge on any atom is 0.247 e. The topological polar surface area (TPSA) is 49.6 Å². The second-order valence-corrected chi connectivity index (χ2v) is 6.45. The fourth-order valence-corrected chi connectivity index (χ4v) is 3.49. The summed E-state index contributed by atoms with van der Waals surface area (Å²) in [7, 11) is 1.86. The van der Waals surface area contributed by atoms with Gasteiger partial charge in [-0.15, -0.1) is 11.8 Å². The monoisotopic (exact) mass is 293 g/mol. The molecule has 4 nitrogen and oxygen atoms in total. The van der Waals surface area contributed by atoms with E-state index in [-0.39, 0.29) is 5.91 Å². The van der Waals surface area contributed by atoms with E-state index in [1.807, 2.05) is 27.0 Å². The summed E-state index contributed by atoms with van der Waals surface area (Å²) in [6.45, 7) is 6.03. The smallest absolute Gasteiger partial charge is 0.247 e. The van der Waals surface area contributed by atoms with Crippen molar-refractivity contribution < 1.29 is 4.79 Å². The molecule has 0 atom stereocenters. The number of nitrogens with two attached hydrogens (primary N) is 1. The third kappa shape index (κ3) is 2.40. The zero-order valence-corrected chi connectivity index (χ0v) is 13.5. The minimum atomic E-state index is -0.534. The van der Waals surface area contributed by atoms with Crippen LogP contribution in [0.5, 0.6) is 0 Å². The maximum absolute atomic E-state index is 12.4. The molecule has 0 unspecified atom stereocenters. The van der Waals surface area contributed by atoms with Gasteiger partial charge in [0.1, 0.15) is 5.54 Å². The third-order valence-electron chi connectivity index (χ3n) is 4.03. The fraction of sp³-hybridized carbons (Fsp3) is 0.533. The largest absolute Gasteiger partial charge is 0.355 e. The molecule has 0 bridgehead atoms. The summed E-state index contributed by atoms with van der Waals surface area (Å²) in [4.78, 5) is 17.6. The summed E-state index contributed by atoms with van der Waals surface area (Å²) >= 11 is 1.70. The highest BCUT2D eigenvalue weighted by atomic mass is 32.2. The van der Waals surface area contributed by atoms with Gasteiger partial charge in [0.15, 0.2) is 0 Å². The fourth-order valence-electron chi connectivity index (χ4n) is 2.84. The quantitative estimate of drug-likeness (QED) is 0.865. The molecule has 1 aromatic rings. The number of thioether (sulfide) groups is 1. The Bertz CT molecular complexity index is 516. The van der Waals surface area contributed by atoms with Gasteiger partial charge in [-0.1, -0.05) is 6.07 Å². The second kappa shape index (κ2) is 5.66. The summed E-state index contributed by atoms with van der Waals surface area (Å²) in [5.41, 5.74) is 7.63. The molecule has 0 saturated carbocycles. The van der Waals surface area contributed by atoms with Crippen molar-refractivity contribution in [2.45, 2.75) is 30.8 Å². The van der Waals surface area contributed by atoms with Crippen molar-refractivity contribution in [2.75, 3.05) is 31.3 Å². The van der Waals surface area contributed by atoms with Crippen molar-refractivity contribution >= 4 is 23.4 Å². The molecule has 5 heteroatoms. The van der Waals surface area contributed by atoms with Gasteiger partial charge in [-0.25, -0.2) is 0 Å². The zero-order chi connectivity index (χ0) is 14.9. The van der Waals surface area contributed by atoms with E-state index in [0.717, 1.165) is 24.3 Å². The molecule has 1 aliphatic heterocycles. The van der Waals surface area contributed by atoms with Gasteiger partial charge >= 0.3 is 0 Å². The molecule has 1 saturated heterocycles. The number of rotatable bonds is 3. The highest BCUT2D eigenvalue weighted by molar-refractivity contribution is 7.98. The summed E-state index contributed by atoms with van der Waals surface area (Å²) in [6.07, 6.45) is 2.05. The summed E-state index contributed by atoms with van der Waals surface area (Å²) in [5, 5.41) is 0. The minimum absolute atomic E-state index is 0.154. The van der Waals surface area contributed by atoms with E-state index < -0.39 is 5.54 Å². The molecule has 0 aliphatic carbocycles. The number of carbonyl (C=O) groups is 1. The van der Waals surface area contributed by atoms with Gasteiger partial charge in [0.25, 0.3) is 0 Å². The van der Waals surface area contributed by atoms with E-state index >= 15 is 0 Å². The van der Waals surface area contributed by atoms with Crippen LogP contribution < -0.4 is 10.6 Å². The Morgan fingerprint density at radius 3 is 2.65 bits per heavy atom. The number of likely N-dealkylation sites (N-methyl/N-ethyl adjacent to an activating group) is 1. The molecular weight excluding hydrogens is 270 g/mol. The molecule has 1 aromatic carbocycles. The molecule has 0 aromatic heterocycles. The average Bonchev–Trinajstić information content (AvgIpc) is 2.44. The van der Waals surface area contributed by atoms with E-state index in [9.17, 15) is 4.79 Å². The van der Waals surface area contributed by atoms with E-state index in [4.69, 9.17) is 5.73 Å². The van der Waals surface area contributed by atoms with Crippen LogP contribution in [-0.2, 0) is 11.3 Å². The molecule has 0 radical (unpaired) electrons. The number of nitrogens with zero attached hydrogens (tertiary/aromatic N) is 2. The van der Waals surface area contributed by atoms with Crippen LogP contribution in [0, 0.1) is 0 Å². The number of anilines is 1. The summed E-state index contributed by atoms with van der Waals surface area (Å²) in [6, 6.07) is 6.20. The van der Waals surface area contributed by atoms with E-state index in [2.05, 4.69) is 23.3 Å². The Morgan fingerprint density at radius 2 is 2.05 bits per heavy atom. The number of hydrogen-bond donors (Lipinski definition) is 1. The van der Waals surface area contributed by atoms with E-state index in [1.54, 1.807) is 16.7 Å². The van der Waals surface area contributed by atoms with Crippen molar-refractivity contribution in [3.63, 3.8) is 0 Å². The maximum atomic E-state index is 12.4. The van der Waals surface area contributed by atoms with Crippen molar-refractivity contribution in [1.29, 1.82) is 0 Å². The molecule has 1 amide bonds. The van der Waals surface area contributed by atoms with Gasteiger partial charge in [0.2, 0.25) is 5.91 Å². The lowest BCUT2D eigenvalue weighted by molar-refractivity contribution is -0.136. The predicted octanol–water partition coefficient (Wildman–Crippen LogP) is 1.92. The van der Waals surface area contributed by atoms with Crippen LogP contribution >= 0.6 is 11.8 Å². The van der Waals surface area contributed by atoms with Gasteiger partial charge in [-0.05, 0) is 32.2 Å². The van der Waals surface area contributed by atoms with Crippen LogP contribution in [0.1, 0.15) is 19.4 Å². The molecule has 110 valence electrons. The molecule has 20 heavy (non-hydrogen) atoms. The third-order valence-corrected chi connectivity index (χ3v) is 4.85. The first kappa shape index (κ1) is 15.2. The Hall–Kier alpha value is -1.20. The minimum Gasteiger partial charge on any atom is -0.355 e. The standard InChI is InChI=1S/C15H23N3OS/c1-15(2)14(19)17(3)8-9-18(15)12-6-5-7-13(20-4)11(12)10-16/h5-7H,8-10,16H2,1-4H3. The van der Waals surface area contributed by atoms with Crippen LogP contribution in [0.2, 0.25) is 0 Å². The zero-order valence-electron chi connectivity index (χ0n) is 12.6. The number of benzene rings is 1. The number of hydrogen-bond acceptors (Lipinski definition) is 4. The Labute approximate surface area is 125 Å². The molecule has 2 rings (SSSR count). The molecule has 1 fully saturated rings. The molecular formula is C15H23N3OS. The van der Waals surface area contributed by atoms with Crippen LogP contribution in [0.25, 0.3) is 0 Å². The molecule has 1 aliphatic rings. The lowest BCUT2D eigenvalue weighted by Crippen LogP contribution is -2.62. The Balaban J connectivity index is 2.48. The molecule has 0 spiro atoms. The highest BCUT2D eigenvalue weighted by Crippen LogP contribution is 2.35. The van der Waals surface area contributed by atoms with Gasteiger partial charge in [-0.2, -0.15) is 0 Å². The average molecular weight is 293 g/mol. The van der Waals surface area contributed by atoms with Crippen LogP contribution in [-0.4, -0.2) is 42.7 Å². The van der Waals surface area contributed by atoms with Gasteiger partial charge in [0.05, 0.1) is 0 Å². The first-order valence-electron chi connectivity index (χ1n) is 6.82. The van der Waals surface area contributed by atoms with Crippen molar-refractivity contribution in [1.82, 2.24) is 4.90 Å². The first-order valence-corrected chi connectivity index (χ1v) is 8.05. The number of piperazine rings is 1. The molecule has 1 heterocycles. The highest BCUT2D eigenvalue weighted by Gasteiger charge is 2.41. The lowest BCUT2D eigenvalue weighted by atomic mass is 9.95.